The van der Waals surface area contributed by atoms with Crippen LogP contribution in [0.25, 0.3) is 5.76 Å². The summed E-state index contributed by atoms with van der Waals surface area (Å²) in [5.41, 5.74) is 0.930. The quantitative estimate of drug-likeness (QED) is 0.238. The smallest absolute Gasteiger partial charge is 0.295 e. The fraction of sp³-hybridized carbons (Fsp3) is 0.238. The van der Waals surface area contributed by atoms with Gasteiger partial charge in [-0.1, -0.05) is 23.7 Å². The van der Waals surface area contributed by atoms with E-state index in [-0.39, 0.29) is 30.2 Å². The number of amides is 1. The van der Waals surface area contributed by atoms with Gasteiger partial charge in [-0.2, -0.15) is 0 Å². The predicted octanol–water partition coefficient (Wildman–Crippen LogP) is 2.05. The van der Waals surface area contributed by atoms with Crippen molar-refractivity contribution in [1.82, 2.24) is 10.2 Å². The van der Waals surface area contributed by atoms with Crippen LogP contribution in [0, 0.1) is 0 Å². The molecule has 8 heteroatoms. The van der Waals surface area contributed by atoms with Gasteiger partial charge in [-0.15, -0.1) is 0 Å². The minimum atomic E-state index is -0.804. The first-order chi connectivity index (χ1) is 13.9. The van der Waals surface area contributed by atoms with Crippen LogP contribution in [0.5, 0.6) is 5.75 Å². The number of aromatic hydroxyl groups is 1. The molecule has 0 saturated carbocycles. The molecular formula is C21H21ClN2O5. The summed E-state index contributed by atoms with van der Waals surface area (Å²) in [6.07, 6.45) is 0. The highest BCUT2D eigenvalue weighted by Crippen LogP contribution is 2.39. The van der Waals surface area contributed by atoms with Crippen LogP contribution >= 0.6 is 11.6 Å². The lowest BCUT2D eigenvalue weighted by atomic mass is 9.95. The zero-order chi connectivity index (χ0) is 21.0. The van der Waals surface area contributed by atoms with E-state index in [1.54, 1.807) is 36.4 Å². The molecule has 1 amide bonds. The third-order valence-electron chi connectivity index (χ3n) is 4.68. The van der Waals surface area contributed by atoms with Crippen molar-refractivity contribution in [3.63, 3.8) is 0 Å². The van der Waals surface area contributed by atoms with Gasteiger partial charge in [0.2, 0.25) is 0 Å². The zero-order valence-electron chi connectivity index (χ0n) is 15.5. The molecule has 7 nitrogen and oxygen atoms in total. The number of halogens is 1. The number of ketones is 1. The summed E-state index contributed by atoms with van der Waals surface area (Å²) >= 11 is 5.90. The molecule has 4 N–H and O–H groups in total. The van der Waals surface area contributed by atoms with Crippen molar-refractivity contribution in [3.8, 4) is 5.75 Å². The number of Topliss-reactive ketones (excluding diaryl/α,β-unsaturated/α-hetero) is 1. The van der Waals surface area contributed by atoms with Gasteiger partial charge in [0.05, 0.1) is 18.2 Å². The van der Waals surface area contributed by atoms with E-state index in [1.165, 1.54) is 17.0 Å². The van der Waals surface area contributed by atoms with Crippen LogP contribution in [0.15, 0.2) is 54.1 Å². The molecule has 1 fully saturated rings. The van der Waals surface area contributed by atoms with E-state index in [0.717, 1.165) is 0 Å². The second kappa shape index (κ2) is 9.09. The molecule has 0 spiro atoms. The highest BCUT2D eigenvalue weighted by Gasteiger charge is 2.45. The normalized spacial score (nSPS) is 18.4. The van der Waals surface area contributed by atoms with Crippen LogP contribution in [0.1, 0.15) is 17.2 Å². The summed E-state index contributed by atoms with van der Waals surface area (Å²) in [6, 6.07) is 11.6. The van der Waals surface area contributed by atoms with Crippen molar-refractivity contribution in [2.45, 2.75) is 6.04 Å². The topological polar surface area (TPSA) is 110 Å². The minimum absolute atomic E-state index is 0.0230. The number of nitrogens with one attached hydrogen (secondary N) is 1. The molecule has 1 heterocycles. The van der Waals surface area contributed by atoms with Crippen molar-refractivity contribution in [2.24, 2.45) is 0 Å². The van der Waals surface area contributed by atoms with Gasteiger partial charge < -0.3 is 25.5 Å². The third-order valence-corrected chi connectivity index (χ3v) is 4.94. The molecule has 2 aromatic rings. The molecule has 1 unspecified atom stereocenters. The first kappa shape index (κ1) is 20.9. The number of hydrogen-bond donors (Lipinski definition) is 4. The first-order valence-corrected chi connectivity index (χ1v) is 9.46. The number of rotatable bonds is 7. The van der Waals surface area contributed by atoms with Gasteiger partial charge in [0.1, 0.15) is 11.5 Å². The molecule has 0 aliphatic carbocycles. The second-order valence-electron chi connectivity index (χ2n) is 6.56. The van der Waals surface area contributed by atoms with Gasteiger partial charge in [-0.05, 0) is 42.0 Å². The Morgan fingerprint density at radius 3 is 2.31 bits per heavy atom. The molecule has 3 rings (SSSR count). The zero-order valence-corrected chi connectivity index (χ0v) is 16.3. The van der Waals surface area contributed by atoms with Gasteiger partial charge in [-0.3, -0.25) is 9.59 Å². The number of aliphatic hydroxyl groups excluding tert-OH is 2. The Morgan fingerprint density at radius 1 is 1.03 bits per heavy atom. The lowest BCUT2D eigenvalue weighted by molar-refractivity contribution is -0.139. The maximum atomic E-state index is 12.8. The summed E-state index contributed by atoms with van der Waals surface area (Å²) in [6.45, 7) is 0.881. The van der Waals surface area contributed by atoms with Crippen molar-refractivity contribution in [2.75, 3.05) is 26.2 Å². The summed E-state index contributed by atoms with van der Waals surface area (Å²) < 4.78 is 0. The number of carbonyl (C=O) groups excluding carboxylic acids is 2. The lowest BCUT2D eigenvalue weighted by Crippen LogP contribution is -2.36. The number of phenolic OH excluding ortho intramolecular Hbond substituents is 1. The van der Waals surface area contributed by atoms with Gasteiger partial charge in [0.15, 0.2) is 0 Å². The second-order valence-corrected chi connectivity index (χ2v) is 7.00. The standard InChI is InChI=1S/C21H21ClN2O5/c22-15-5-1-14(2-6-15)19(27)17-18(13-3-7-16(26)8-4-13)24(21(29)20(17)28)11-9-23-10-12-25/h1-8,18,23,25-27H,9-12H2/b19-17+. The van der Waals surface area contributed by atoms with Gasteiger partial charge in [0.25, 0.3) is 11.7 Å². The van der Waals surface area contributed by atoms with Crippen molar-refractivity contribution >= 4 is 29.1 Å². The Bertz CT molecular complexity index is 925. The number of likely N-dealkylation sites (tertiary alicyclic amines) is 1. The van der Waals surface area contributed by atoms with Crippen LogP contribution in [-0.4, -0.2) is 58.2 Å². The summed E-state index contributed by atoms with van der Waals surface area (Å²) in [5, 5.41) is 32.8. The summed E-state index contributed by atoms with van der Waals surface area (Å²) in [5.74, 6) is -1.74. The molecule has 2 aromatic carbocycles. The highest BCUT2D eigenvalue weighted by molar-refractivity contribution is 6.46. The number of hydrogen-bond acceptors (Lipinski definition) is 6. The molecule has 152 valence electrons. The number of phenols is 1. The van der Waals surface area contributed by atoms with E-state index in [2.05, 4.69) is 5.32 Å². The fourth-order valence-electron chi connectivity index (χ4n) is 3.28. The Kier molecular flexibility index (Phi) is 6.53. The average Bonchev–Trinajstić information content (AvgIpc) is 2.96. The first-order valence-electron chi connectivity index (χ1n) is 9.09. The highest BCUT2D eigenvalue weighted by atomic mass is 35.5. The molecule has 0 bridgehead atoms. The molecule has 1 aliphatic rings. The van der Waals surface area contributed by atoms with E-state index < -0.39 is 17.7 Å². The van der Waals surface area contributed by atoms with Crippen molar-refractivity contribution < 1.29 is 24.9 Å². The van der Waals surface area contributed by atoms with Crippen LogP contribution in [-0.2, 0) is 9.59 Å². The Hall–Kier alpha value is -2.87. The Morgan fingerprint density at radius 2 is 1.69 bits per heavy atom. The molecule has 0 radical (unpaired) electrons. The molecule has 1 saturated heterocycles. The third kappa shape index (κ3) is 4.42. The van der Waals surface area contributed by atoms with Crippen LogP contribution in [0.2, 0.25) is 5.02 Å². The van der Waals surface area contributed by atoms with Gasteiger partial charge >= 0.3 is 0 Å². The van der Waals surface area contributed by atoms with E-state index in [4.69, 9.17) is 16.7 Å². The monoisotopic (exact) mass is 416 g/mol. The summed E-state index contributed by atoms with van der Waals surface area (Å²) in [4.78, 5) is 26.9. The van der Waals surface area contributed by atoms with E-state index in [9.17, 15) is 19.8 Å². The SMILES string of the molecule is O=C1C(=O)N(CCNCCO)C(c2ccc(O)cc2)/C1=C(\O)c1ccc(Cl)cc1. The Balaban J connectivity index is 2.05. The van der Waals surface area contributed by atoms with Crippen molar-refractivity contribution in [1.29, 1.82) is 0 Å². The number of aliphatic hydroxyl groups is 2. The van der Waals surface area contributed by atoms with E-state index in [1.807, 2.05) is 0 Å². The summed E-state index contributed by atoms with van der Waals surface area (Å²) in [7, 11) is 0. The molecule has 29 heavy (non-hydrogen) atoms. The van der Waals surface area contributed by atoms with Gasteiger partial charge in [0, 0.05) is 30.2 Å². The number of nitrogens with zero attached hydrogens (tertiary/aromatic N) is 1. The molecule has 1 atom stereocenters. The molecular weight excluding hydrogens is 396 g/mol. The Labute approximate surface area is 172 Å². The lowest BCUT2D eigenvalue weighted by Gasteiger charge is -2.25. The van der Waals surface area contributed by atoms with Crippen LogP contribution in [0.4, 0.5) is 0 Å². The molecule has 0 aromatic heterocycles. The molecule has 1 aliphatic heterocycles. The minimum Gasteiger partial charge on any atom is -0.508 e. The average molecular weight is 417 g/mol. The largest absolute Gasteiger partial charge is 0.508 e. The maximum Gasteiger partial charge on any atom is 0.295 e. The van der Waals surface area contributed by atoms with Gasteiger partial charge in [-0.25, -0.2) is 0 Å². The van der Waals surface area contributed by atoms with E-state index >= 15 is 0 Å². The van der Waals surface area contributed by atoms with Crippen molar-refractivity contribution in [3.05, 3.63) is 70.3 Å². The predicted molar refractivity (Wildman–Crippen MR) is 109 cm³/mol. The fourth-order valence-corrected chi connectivity index (χ4v) is 3.41. The van der Waals surface area contributed by atoms with Crippen LogP contribution in [0.3, 0.4) is 0 Å². The van der Waals surface area contributed by atoms with E-state index in [0.29, 0.717) is 29.2 Å². The number of carbonyl (C=O) groups is 2. The van der Waals surface area contributed by atoms with Crippen LogP contribution < -0.4 is 5.32 Å². The maximum absolute atomic E-state index is 12.8. The number of benzene rings is 2.